The lowest BCUT2D eigenvalue weighted by atomic mass is 10.3. The van der Waals surface area contributed by atoms with Crippen molar-refractivity contribution in [3.05, 3.63) is 34.6 Å². The predicted octanol–water partition coefficient (Wildman–Crippen LogP) is 0.291. The Balaban J connectivity index is 1.91. The van der Waals surface area contributed by atoms with E-state index in [2.05, 4.69) is 30.2 Å². The molecule has 0 spiro atoms. The van der Waals surface area contributed by atoms with E-state index in [4.69, 9.17) is 10.9 Å². The second-order valence-corrected chi connectivity index (χ2v) is 6.01. The van der Waals surface area contributed by atoms with Crippen molar-refractivity contribution in [3.63, 3.8) is 0 Å². The van der Waals surface area contributed by atoms with Crippen LogP contribution in [-0.4, -0.2) is 28.4 Å². The van der Waals surface area contributed by atoms with Gasteiger partial charge in [-0.15, -0.1) is 10.2 Å². The molecule has 3 rings (SSSR count). The topological polar surface area (TPSA) is 185 Å². The smallest absolute Gasteiger partial charge is 0.278 e. The van der Waals surface area contributed by atoms with Crippen LogP contribution in [0.1, 0.15) is 0 Å². The molecule has 11 nitrogen and oxygen atoms in total. The average Bonchev–Trinajstić information content (AvgIpc) is 2.88. The van der Waals surface area contributed by atoms with E-state index in [0.29, 0.717) is 5.69 Å². The SMILES string of the molecule is Nc1nc2nc(N=Nc3ccc(S(N)(=O)=O)cc3)[nH]c2c(=O)[nH]1. The summed E-state index contributed by atoms with van der Waals surface area (Å²) in [7, 11) is -3.76. The highest BCUT2D eigenvalue weighted by Gasteiger charge is 2.09. The molecule has 0 saturated carbocycles. The summed E-state index contributed by atoms with van der Waals surface area (Å²) in [5.41, 5.74) is 5.55. The van der Waals surface area contributed by atoms with E-state index in [1.807, 2.05) is 0 Å². The second-order valence-electron chi connectivity index (χ2n) is 4.45. The number of imidazole rings is 1. The monoisotopic (exact) mass is 334 g/mol. The number of H-pyrrole nitrogens is 2. The summed E-state index contributed by atoms with van der Waals surface area (Å²) in [5.74, 6) is -0.00445. The van der Waals surface area contributed by atoms with E-state index >= 15 is 0 Å². The average molecular weight is 334 g/mol. The third-order valence-electron chi connectivity index (χ3n) is 2.79. The summed E-state index contributed by atoms with van der Waals surface area (Å²) in [5, 5.41) is 12.7. The Morgan fingerprint density at radius 3 is 2.39 bits per heavy atom. The Kier molecular flexibility index (Phi) is 3.38. The Labute approximate surface area is 128 Å². The van der Waals surface area contributed by atoms with Crippen molar-refractivity contribution in [2.45, 2.75) is 4.90 Å². The van der Waals surface area contributed by atoms with Gasteiger partial charge in [0.05, 0.1) is 10.6 Å². The number of nitrogens with two attached hydrogens (primary N) is 2. The molecule has 0 aliphatic heterocycles. The molecule has 2 heterocycles. The van der Waals surface area contributed by atoms with Gasteiger partial charge in [0, 0.05) is 0 Å². The third-order valence-corrected chi connectivity index (χ3v) is 3.72. The first-order chi connectivity index (χ1) is 10.8. The Morgan fingerprint density at radius 1 is 1.04 bits per heavy atom. The van der Waals surface area contributed by atoms with Gasteiger partial charge in [-0.1, -0.05) is 0 Å². The molecule has 0 aliphatic carbocycles. The number of aromatic amines is 2. The Morgan fingerprint density at radius 2 is 1.74 bits per heavy atom. The molecule has 0 amide bonds. The van der Waals surface area contributed by atoms with E-state index in [9.17, 15) is 13.2 Å². The van der Waals surface area contributed by atoms with Crippen LogP contribution in [0.4, 0.5) is 17.6 Å². The summed E-state index contributed by atoms with van der Waals surface area (Å²) in [6, 6.07) is 5.45. The van der Waals surface area contributed by atoms with E-state index in [1.165, 1.54) is 24.3 Å². The summed E-state index contributed by atoms with van der Waals surface area (Å²) in [4.78, 5) is 24.4. The standard InChI is InChI=1S/C11H10N8O3S/c12-10-15-8-7(9(20)17-10)14-11(16-8)19-18-5-1-3-6(4-2-5)23(13,21)22/h1-4H,(H2,13,21,22)(H4,12,14,15,16,17,20). The number of benzene rings is 1. The highest BCUT2D eigenvalue weighted by Crippen LogP contribution is 2.19. The van der Waals surface area contributed by atoms with Gasteiger partial charge in [-0.25, -0.2) is 13.6 Å². The summed E-state index contributed by atoms with van der Waals surface area (Å²) >= 11 is 0. The minimum Gasteiger partial charge on any atom is -0.369 e. The molecular weight excluding hydrogens is 324 g/mol. The van der Waals surface area contributed by atoms with E-state index < -0.39 is 15.6 Å². The van der Waals surface area contributed by atoms with Crippen molar-refractivity contribution in [1.82, 2.24) is 19.9 Å². The van der Waals surface area contributed by atoms with Crippen LogP contribution in [-0.2, 0) is 10.0 Å². The molecule has 1 aromatic carbocycles. The van der Waals surface area contributed by atoms with Gasteiger partial charge < -0.3 is 10.7 Å². The lowest BCUT2D eigenvalue weighted by Crippen LogP contribution is -2.11. The zero-order valence-corrected chi connectivity index (χ0v) is 12.2. The molecule has 0 atom stereocenters. The number of aromatic nitrogens is 4. The minimum absolute atomic E-state index is 0.0357. The van der Waals surface area contributed by atoms with Gasteiger partial charge in [0.15, 0.2) is 11.2 Å². The maximum absolute atomic E-state index is 11.6. The fourth-order valence-electron chi connectivity index (χ4n) is 1.77. The molecule has 0 radical (unpaired) electrons. The van der Waals surface area contributed by atoms with E-state index in [-0.39, 0.29) is 28.0 Å². The number of hydrogen-bond acceptors (Lipinski definition) is 8. The first kappa shape index (κ1) is 14.8. The maximum atomic E-state index is 11.6. The number of sulfonamides is 1. The normalized spacial score (nSPS) is 12.2. The molecule has 0 unspecified atom stereocenters. The molecule has 118 valence electrons. The van der Waals surface area contributed by atoms with Gasteiger partial charge in [-0.3, -0.25) is 9.78 Å². The minimum atomic E-state index is -3.76. The molecule has 23 heavy (non-hydrogen) atoms. The highest BCUT2D eigenvalue weighted by atomic mass is 32.2. The first-order valence-corrected chi connectivity index (χ1v) is 7.68. The van der Waals surface area contributed by atoms with Crippen molar-refractivity contribution < 1.29 is 8.42 Å². The predicted molar refractivity (Wildman–Crippen MR) is 80.9 cm³/mol. The Bertz CT molecular complexity index is 1060. The lowest BCUT2D eigenvalue weighted by Gasteiger charge is -1.97. The number of nitrogen functional groups attached to an aromatic ring is 1. The van der Waals surface area contributed by atoms with Crippen LogP contribution < -0.4 is 16.4 Å². The van der Waals surface area contributed by atoms with Crippen molar-refractivity contribution in [3.8, 4) is 0 Å². The van der Waals surface area contributed by atoms with Gasteiger partial charge in [0.1, 0.15) is 0 Å². The van der Waals surface area contributed by atoms with Crippen LogP contribution in [0.25, 0.3) is 11.2 Å². The number of primary sulfonamides is 1. The molecule has 6 N–H and O–H groups in total. The molecule has 0 aliphatic rings. The van der Waals surface area contributed by atoms with Gasteiger partial charge >= 0.3 is 0 Å². The van der Waals surface area contributed by atoms with E-state index in [0.717, 1.165) is 0 Å². The molecule has 0 bridgehead atoms. The van der Waals surface area contributed by atoms with Crippen LogP contribution in [0.3, 0.4) is 0 Å². The molecule has 0 saturated heterocycles. The van der Waals surface area contributed by atoms with Crippen LogP contribution >= 0.6 is 0 Å². The Hall–Kier alpha value is -3.12. The molecule has 2 aromatic heterocycles. The number of azo groups is 1. The number of anilines is 1. The number of hydrogen-bond donors (Lipinski definition) is 4. The third kappa shape index (κ3) is 3.07. The lowest BCUT2D eigenvalue weighted by molar-refractivity contribution is 0.598. The van der Waals surface area contributed by atoms with Crippen molar-refractivity contribution in [1.29, 1.82) is 0 Å². The van der Waals surface area contributed by atoms with Crippen LogP contribution in [0, 0.1) is 0 Å². The second kappa shape index (κ2) is 5.26. The van der Waals surface area contributed by atoms with Crippen LogP contribution in [0.15, 0.2) is 44.2 Å². The van der Waals surface area contributed by atoms with Crippen LogP contribution in [0.5, 0.6) is 0 Å². The maximum Gasteiger partial charge on any atom is 0.278 e. The quantitative estimate of drug-likeness (QED) is 0.498. The van der Waals surface area contributed by atoms with Crippen molar-refractivity contribution in [2.75, 3.05) is 5.73 Å². The number of nitrogens with one attached hydrogen (secondary N) is 2. The fourth-order valence-corrected chi connectivity index (χ4v) is 2.28. The largest absolute Gasteiger partial charge is 0.369 e. The summed E-state index contributed by atoms with van der Waals surface area (Å²) in [6.45, 7) is 0. The van der Waals surface area contributed by atoms with E-state index in [1.54, 1.807) is 0 Å². The molecular formula is C11H10N8O3S. The van der Waals surface area contributed by atoms with Crippen LogP contribution in [0.2, 0.25) is 0 Å². The van der Waals surface area contributed by atoms with Gasteiger partial charge in [-0.05, 0) is 24.3 Å². The molecule has 12 heteroatoms. The zero-order chi connectivity index (χ0) is 16.6. The van der Waals surface area contributed by atoms with Gasteiger partial charge in [-0.2, -0.15) is 9.97 Å². The zero-order valence-electron chi connectivity index (χ0n) is 11.4. The number of nitrogens with zero attached hydrogens (tertiary/aromatic N) is 4. The fraction of sp³-hybridized carbons (Fsp3) is 0. The molecule has 0 fully saturated rings. The summed E-state index contributed by atoms with van der Waals surface area (Å²) < 4.78 is 22.3. The van der Waals surface area contributed by atoms with Crippen molar-refractivity contribution in [2.24, 2.45) is 15.4 Å². The van der Waals surface area contributed by atoms with Gasteiger partial charge in [0.25, 0.3) is 5.56 Å². The molecule has 3 aromatic rings. The van der Waals surface area contributed by atoms with Crippen molar-refractivity contribution >= 4 is 38.8 Å². The van der Waals surface area contributed by atoms with Gasteiger partial charge in [0.2, 0.25) is 21.9 Å². The first-order valence-electron chi connectivity index (χ1n) is 6.13. The summed E-state index contributed by atoms with van der Waals surface area (Å²) in [6.07, 6.45) is 0. The number of rotatable bonds is 3. The number of fused-ring (bicyclic) bond motifs is 1. The highest BCUT2D eigenvalue weighted by molar-refractivity contribution is 7.89.